The van der Waals surface area contributed by atoms with Crippen LogP contribution in [0.5, 0.6) is 11.5 Å². The summed E-state index contributed by atoms with van der Waals surface area (Å²) < 4.78 is 33.5. The number of nitrogens with one attached hydrogen (secondary N) is 1. The van der Waals surface area contributed by atoms with Gasteiger partial charge in [-0.15, -0.1) is 24.0 Å². The molecule has 0 aliphatic heterocycles. The van der Waals surface area contributed by atoms with Gasteiger partial charge in [0.05, 0.1) is 31.3 Å². The molecule has 0 amide bonds. The predicted molar refractivity (Wildman–Crippen MR) is 109 cm³/mol. The van der Waals surface area contributed by atoms with E-state index in [-0.39, 0.29) is 42.2 Å². The molecule has 0 saturated carbocycles. The number of halogens is 1. The lowest BCUT2D eigenvalue weighted by Crippen LogP contribution is -2.32. The van der Waals surface area contributed by atoms with Crippen LogP contribution in [0.2, 0.25) is 0 Å². The molecule has 0 unspecified atom stereocenters. The van der Waals surface area contributed by atoms with Gasteiger partial charge in [0, 0.05) is 11.8 Å². The van der Waals surface area contributed by atoms with E-state index in [0.29, 0.717) is 17.2 Å². The first kappa shape index (κ1) is 22.8. The summed E-state index contributed by atoms with van der Waals surface area (Å²) in [5.74, 6) is 1.25. The molecule has 0 heterocycles. The van der Waals surface area contributed by atoms with E-state index in [0.717, 1.165) is 0 Å². The summed E-state index contributed by atoms with van der Waals surface area (Å²) in [5, 5.41) is 2.89. The molecule has 3 N–H and O–H groups in total. The lowest BCUT2D eigenvalue weighted by molar-refractivity contribution is 0.355. The van der Waals surface area contributed by atoms with Crippen molar-refractivity contribution in [3.8, 4) is 11.5 Å². The Bertz CT molecular complexity index is 670. The zero-order valence-electron chi connectivity index (χ0n) is 14.6. The van der Waals surface area contributed by atoms with Crippen molar-refractivity contribution in [1.29, 1.82) is 0 Å². The number of methoxy groups -OCH3 is 2. The number of hydrogen-bond donors (Lipinski definition) is 2. The number of ether oxygens (including phenoxy) is 2. The number of hydrogen-bond acceptors (Lipinski definition) is 5. The monoisotopic (exact) mass is 471 g/mol. The smallest absolute Gasteiger partial charge is 0.193 e. The molecule has 0 fully saturated rings. The number of benzene rings is 1. The normalized spacial score (nSPS) is 12.3. The summed E-state index contributed by atoms with van der Waals surface area (Å²) in [7, 11) is -0.123. The van der Waals surface area contributed by atoms with Crippen molar-refractivity contribution >= 4 is 45.5 Å². The molecular formula is C15H26IN3O4S. The number of aliphatic imine (C=N–C) groups is 1. The van der Waals surface area contributed by atoms with Crippen LogP contribution in [-0.4, -0.2) is 45.6 Å². The summed E-state index contributed by atoms with van der Waals surface area (Å²) in [6, 6.07) is 5.21. The number of anilines is 1. The third kappa shape index (κ3) is 6.34. The van der Waals surface area contributed by atoms with Crippen LogP contribution in [0.1, 0.15) is 20.8 Å². The second-order valence-corrected chi connectivity index (χ2v) is 8.76. The maximum atomic E-state index is 12.0. The van der Waals surface area contributed by atoms with Crippen LogP contribution in [0.15, 0.2) is 23.2 Å². The summed E-state index contributed by atoms with van der Waals surface area (Å²) >= 11 is 0. The van der Waals surface area contributed by atoms with Gasteiger partial charge in [-0.1, -0.05) is 0 Å². The molecule has 138 valence electrons. The standard InChI is InChI=1S/C15H25N3O4S.HI/c1-15(2,3)23(19,20)9-8-17-14(16)18-11-6-7-12(21-4)13(10-11)22-5;/h6-7,10H,8-9H2,1-5H3,(H3,16,17,18);1H. The Labute approximate surface area is 160 Å². The highest BCUT2D eigenvalue weighted by Gasteiger charge is 2.28. The van der Waals surface area contributed by atoms with E-state index in [1.165, 1.54) is 7.11 Å². The lowest BCUT2D eigenvalue weighted by Gasteiger charge is -2.18. The van der Waals surface area contributed by atoms with Crippen LogP contribution >= 0.6 is 24.0 Å². The SMILES string of the molecule is COc1ccc(NC(N)=NCCS(=O)(=O)C(C)(C)C)cc1OC.I. The van der Waals surface area contributed by atoms with Crippen molar-refractivity contribution in [3.05, 3.63) is 18.2 Å². The van der Waals surface area contributed by atoms with Crippen LogP contribution < -0.4 is 20.5 Å². The van der Waals surface area contributed by atoms with Gasteiger partial charge in [-0.05, 0) is 32.9 Å². The van der Waals surface area contributed by atoms with Crippen LogP contribution in [0.25, 0.3) is 0 Å². The first-order valence-electron chi connectivity index (χ1n) is 7.12. The molecule has 0 radical (unpaired) electrons. The average molecular weight is 471 g/mol. The average Bonchev–Trinajstić information content (AvgIpc) is 2.45. The quantitative estimate of drug-likeness (QED) is 0.375. The van der Waals surface area contributed by atoms with E-state index in [4.69, 9.17) is 15.2 Å². The third-order valence-corrected chi connectivity index (χ3v) is 5.82. The number of rotatable bonds is 6. The Morgan fingerprint density at radius 1 is 1.21 bits per heavy atom. The van der Waals surface area contributed by atoms with Gasteiger partial charge >= 0.3 is 0 Å². The topological polar surface area (TPSA) is 103 Å². The van der Waals surface area contributed by atoms with Crippen LogP contribution in [0, 0.1) is 0 Å². The van der Waals surface area contributed by atoms with E-state index in [9.17, 15) is 8.42 Å². The van der Waals surface area contributed by atoms with Crippen LogP contribution in [0.3, 0.4) is 0 Å². The van der Waals surface area contributed by atoms with Crippen molar-refractivity contribution < 1.29 is 17.9 Å². The first-order chi connectivity index (χ1) is 10.6. The molecule has 0 spiro atoms. The maximum Gasteiger partial charge on any atom is 0.193 e. The van der Waals surface area contributed by atoms with Crippen molar-refractivity contribution in [2.75, 3.05) is 31.8 Å². The van der Waals surface area contributed by atoms with Gasteiger partial charge in [0.2, 0.25) is 0 Å². The van der Waals surface area contributed by atoms with Crippen molar-refractivity contribution in [1.82, 2.24) is 0 Å². The summed E-state index contributed by atoms with van der Waals surface area (Å²) in [6.45, 7) is 5.09. The van der Waals surface area contributed by atoms with Gasteiger partial charge in [-0.2, -0.15) is 0 Å². The second kappa shape index (κ2) is 9.30. The Morgan fingerprint density at radius 3 is 2.29 bits per heavy atom. The van der Waals surface area contributed by atoms with Gasteiger partial charge in [-0.25, -0.2) is 8.42 Å². The van der Waals surface area contributed by atoms with E-state index in [1.54, 1.807) is 46.1 Å². The minimum Gasteiger partial charge on any atom is -0.493 e. The number of guanidine groups is 1. The molecule has 1 aromatic carbocycles. The lowest BCUT2D eigenvalue weighted by atomic mass is 10.3. The van der Waals surface area contributed by atoms with Crippen molar-refractivity contribution in [2.45, 2.75) is 25.5 Å². The number of nitrogens with two attached hydrogens (primary N) is 1. The van der Waals surface area contributed by atoms with Gasteiger partial charge in [0.15, 0.2) is 27.3 Å². The molecule has 0 aliphatic carbocycles. The highest BCUT2D eigenvalue weighted by molar-refractivity contribution is 14.0. The molecule has 1 aromatic rings. The molecule has 0 saturated heterocycles. The molecule has 0 bridgehead atoms. The fraction of sp³-hybridized carbons (Fsp3) is 0.533. The Balaban J connectivity index is 0.00000529. The van der Waals surface area contributed by atoms with Crippen LogP contribution in [-0.2, 0) is 9.84 Å². The Morgan fingerprint density at radius 2 is 1.79 bits per heavy atom. The number of nitrogens with zero attached hydrogens (tertiary/aromatic N) is 1. The molecule has 0 aliphatic rings. The zero-order chi connectivity index (χ0) is 17.7. The zero-order valence-corrected chi connectivity index (χ0v) is 17.8. The number of sulfone groups is 1. The molecule has 1 rings (SSSR count). The van der Waals surface area contributed by atoms with Crippen molar-refractivity contribution in [2.24, 2.45) is 10.7 Å². The fourth-order valence-corrected chi connectivity index (χ4v) is 2.64. The van der Waals surface area contributed by atoms with E-state index in [2.05, 4.69) is 10.3 Å². The summed E-state index contributed by atoms with van der Waals surface area (Å²) in [4.78, 5) is 4.05. The summed E-state index contributed by atoms with van der Waals surface area (Å²) in [5.41, 5.74) is 6.45. The minimum atomic E-state index is -3.21. The minimum absolute atomic E-state index is 0. The highest BCUT2D eigenvalue weighted by Crippen LogP contribution is 2.29. The molecule has 24 heavy (non-hydrogen) atoms. The Kier molecular flexibility index (Phi) is 8.83. The van der Waals surface area contributed by atoms with Gasteiger partial charge in [-0.3, -0.25) is 4.99 Å². The van der Waals surface area contributed by atoms with E-state index < -0.39 is 14.6 Å². The van der Waals surface area contributed by atoms with E-state index in [1.807, 2.05) is 0 Å². The van der Waals surface area contributed by atoms with E-state index >= 15 is 0 Å². The van der Waals surface area contributed by atoms with Crippen LogP contribution in [0.4, 0.5) is 5.69 Å². The molecule has 0 atom stereocenters. The third-order valence-electron chi connectivity index (χ3n) is 3.23. The van der Waals surface area contributed by atoms with Crippen molar-refractivity contribution in [3.63, 3.8) is 0 Å². The van der Waals surface area contributed by atoms with Gasteiger partial charge in [0.1, 0.15) is 0 Å². The predicted octanol–water partition coefficient (Wildman–Crippen LogP) is 2.26. The van der Waals surface area contributed by atoms with Gasteiger partial charge in [0.25, 0.3) is 0 Å². The molecule has 7 nitrogen and oxygen atoms in total. The maximum absolute atomic E-state index is 12.0. The molecular weight excluding hydrogens is 445 g/mol. The second-order valence-electron chi connectivity index (χ2n) is 5.89. The summed E-state index contributed by atoms with van der Waals surface area (Å²) in [6.07, 6.45) is 0. The highest BCUT2D eigenvalue weighted by atomic mass is 127. The molecule has 0 aromatic heterocycles. The first-order valence-corrected chi connectivity index (χ1v) is 8.77. The fourth-order valence-electron chi connectivity index (χ4n) is 1.69. The van der Waals surface area contributed by atoms with Gasteiger partial charge < -0.3 is 20.5 Å². The Hall–Kier alpha value is -1.23. The largest absolute Gasteiger partial charge is 0.493 e. The molecule has 9 heteroatoms.